The normalized spacial score (nSPS) is 28.1. The lowest BCUT2D eigenvalue weighted by Crippen LogP contribution is -2.19. The van der Waals surface area contributed by atoms with Gasteiger partial charge in [-0.25, -0.2) is 4.98 Å². The molecule has 2 aliphatic rings. The van der Waals surface area contributed by atoms with Crippen molar-refractivity contribution in [3.8, 4) is 0 Å². The van der Waals surface area contributed by atoms with E-state index < -0.39 is 0 Å². The van der Waals surface area contributed by atoms with Gasteiger partial charge in [0.2, 0.25) is 0 Å². The molecule has 1 saturated carbocycles. The monoisotopic (exact) mass is 284 g/mol. The Kier molecular flexibility index (Phi) is 3.92. The number of allylic oxidation sites excluding steroid dienone is 2. The first-order chi connectivity index (χ1) is 10.1. The molecule has 0 spiro atoms. The average molecular weight is 284 g/mol. The Morgan fingerprint density at radius 3 is 2.81 bits per heavy atom. The van der Waals surface area contributed by atoms with Gasteiger partial charge in [0, 0.05) is 18.0 Å². The molecule has 3 unspecified atom stereocenters. The molecule has 0 aliphatic heterocycles. The zero-order valence-corrected chi connectivity index (χ0v) is 13.2. The fourth-order valence-corrected chi connectivity index (χ4v) is 3.50. The topological polar surface area (TPSA) is 42.9 Å². The molecule has 112 valence electrons. The number of aryl methyl sites for hydroxylation is 2. The highest BCUT2D eigenvalue weighted by atomic mass is 16.1. The first kappa shape index (κ1) is 14.4. The van der Waals surface area contributed by atoms with Crippen LogP contribution in [0.3, 0.4) is 0 Å². The van der Waals surface area contributed by atoms with E-state index in [1.54, 1.807) is 0 Å². The number of carbonyl (C=O) groups excluding carboxylic acids is 1. The minimum atomic E-state index is 0.244. The summed E-state index contributed by atoms with van der Waals surface area (Å²) in [4.78, 5) is 21.5. The van der Waals surface area contributed by atoms with Gasteiger partial charge in [0.25, 0.3) is 0 Å². The Labute approximate surface area is 126 Å². The van der Waals surface area contributed by atoms with Crippen LogP contribution in [0.5, 0.6) is 0 Å². The molecule has 1 aromatic rings. The van der Waals surface area contributed by atoms with E-state index in [0.29, 0.717) is 17.6 Å². The quantitative estimate of drug-likeness (QED) is 0.842. The van der Waals surface area contributed by atoms with E-state index in [1.165, 1.54) is 5.57 Å². The molecule has 3 nitrogen and oxygen atoms in total. The summed E-state index contributed by atoms with van der Waals surface area (Å²) >= 11 is 0. The third-order valence-electron chi connectivity index (χ3n) is 5.01. The Bertz CT molecular complexity index is 591. The minimum Gasteiger partial charge on any atom is -0.299 e. The number of hydrogen-bond donors (Lipinski definition) is 0. The van der Waals surface area contributed by atoms with Gasteiger partial charge in [-0.05, 0) is 51.0 Å². The Morgan fingerprint density at radius 1 is 1.38 bits per heavy atom. The molecule has 0 aromatic carbocycles. The number of Topliss-reactive ketones (excluding diaryl/α,β-unsaturated/α-hetero) is 1. The van der Waals surface area contributed by atoms with Crippen molar-refractivity contribution in [2.75, 3.05) is 0 Å². The van der Waals surface area contributed by atoms with Gasteiger partial charge in [0.15, 0.2) is 0 Å². The molecule has 3 rings (SSSR count). The summed E-state index contributed by atoms with van der Waals surface area (Å²) in [6.45, 7) is 6.18. The molecule has 3 heteroatoms. The number of nitrogens with zero attached hydrogens (tertiary/aromatic N) is 2. The van der Waals surface area contributed by atoms with Gasteiger partial charge in [0.1, 0.15) is 5.78 Å². The van der Waals surface area contributed by atoms with E-state index in [0.717, 1.165) is 49.2 Å². The zero-order valence-electron chi connectivity index (χ0n) is 13.2. The lowest BCUT2D eigenvalue weighted by molar-refractivity contribution is -0.124. The molecule has 0 radical (unpaired) electrons. The number of rotatable bonds is 4. The van der Waals surface area contributed by atoms with Crippen molar-refractivity contribution in [2.45, 2.75) is 52.9 Å². The van der Waals surface area contributed by atoms with Crippen LogP contribution < -0.4 is 0 Å². The minimum absolute atomic E-state index is 0.244. The van der Waals surface area contributed by atoms with Gasteiger partial charge in [-0.3, -0.25) is 9.78 Å². The fourth-order valence-electron chi connectivity index (χ4n) is 3.50. The molecule has 1 aromatic heterocycles. The predicted octanol–water partition coefficient (Wildman–Crippen LogP) is 3.89. The first-order valence-electron chi connectivity index (χ1n) is 8.13. The number of aromatic nitrogens is 2. The Hall–Kier alpha value is -1.51. The predicted molar refractivity (Wildman–Crippen MR) is 83.7 cm³/mol. The molecule has 0 saturated heterocycles. The summed E-state index contributed by atoms with van der Waals surface area (Å²) in [7, 11) is 0. The van der Waals surface area contributed by atoms with E-state index >= 15 is 0 Å². The van der Waals surface area contributed by atoms with Gasteiger partial charge in [0.05, 0.1) is 17.1 Å². The summed E-state index contributed by atoms with van der Waals surface area (Å²) in [6, 6.07) is 0. The first-order valence-corrected chi connectivity index (χ1v) is 8.13. The number of carbonyl (C=O) groups is 1. The van der Waals surface area contributed by atoms with Gasteiger partial charge >= 0.3 is 0 Å². The molecule has 3 atom stereocenters. The molecular weight excluding hydrogens is 260 g/mol. The fraction of sp³-hybridized carbons (Fsp3) is 0.611. The summed E-state index contributed by atoms with van der Waals surface area (Å²) < 4.78 is 0. The molecule has 0 N–H and O–H groups in total. The number of ketones is 1. The van der Waals surface area contributed by atoms with Gasteiger partial charge in [-0.15, -0.1) is 0 Å². The summed E-state index contributed by atoms with van der Waals surface area (Å²) in [5.74, 6) is 1.81. The lowest BCUT2D eigenvalue weighted by Gasteiger charge is -2.21. The molecule has 0 amide bonds. The highest BCUT2D eigenvalue weighted by molar-refractivity contribution is 5.87. The largest absolute Gasteiger partial charge is 0.299 e. The maximum atomic E-state index is 12.4. The molecular formula is C18H24N2O. The van der Waals surface area contributed by atoms with Crippen LogP contribution in [0.15, 0.2) is 12.3 Å². The second-order valence-electron chi connectivity index (χ2n) is 6.56. The van der Waals surface area contributed by atoms with Crippen LogP contribution in [-0.4, -0.2) is 15.8 Å². The summed E-state index contributed by atoms with van der Waals surface area (Å²) in [6.07, 6.45) is 9.15. The van der Waals surface area contributed by atoms with E-state index in [4.69, 9.17) is 0 Å². The van der Waals surface area contributed by atoms with Crippen molar-refractivity contribution in [3.63, 3.8) is 0 Å². The van der Waals surface area contributed by atoms with Crippen LogP contribution >= 0.6 is 0 Å². The van der Waals surface area contributed by atoms with E-state index in [2.05, 4.69) is 23.0 Å². The van der Waals surface area contributed by atoms with Crippen LogP contribution in [0.25, 0.3) is 5.57 Å². The second-order valence-corrected chi connectivity index (χ2v) is 6.56. The van der Waals surface area contributed by atoms with Crippen LogP contribution in [0.2, 0.25) is 0 Å². The Morgan fingerprint density at radius 2 is 2.19 bits per heavy atom. The van der Waals surface area contributed by atoms with Gasteiger partial charge < -0.3 is 0 Å². The SMILES string of the molecule is CCC1CC1C(=O)C1CC=C(c2nc(C)cnc2C)CC1. The van der Waals surface area contributed by atoms with Crippen molar-refractivity contribution in [2.24, 2.45) is 17.8 Å². The van der Waals surface area contributed by atoms with E-state index in [9.17, 15) is 4.79 Å². The highest BCUT2D eigenvalue weighted by Gasteiger charge is 2.43. The van der Waals surface area contributed by atoms with Crippen LogP contribution in [0, 0.1) is 31.6 Å². The summed E-state index contributed by atoms with van der Waals surface area (Å²) in [5, 5.41) is 0. The maximum Gasteiger partial charge on any atom is 0.139 e. The van der Waals surface area contributed by atoms with E-state index in [-0.39, 0.29) is 5.92 Å². The molecule has 0 bridgehead atoms. The lowest BCUT2D eigenvalue weighted by atomic mass is 9.83. The smallest absolute Gasteiger partial charge is 0.139 e. The van der Waals surface area contributed by atoms with Crippen molar-refractivity contribution in [1.29, 1.82) is 0 Å². The van der Waals surface area contributed by atoms with E-state index in [1.807, 2.05) is 20.0 Å². The molecule has 21 heavy (non-hydrogen) atoms. The molecule has 2 aliphatic carbocycles. The van der Waals surface area contributed by atoms with Gasteiger partial charge in [-0.1, -0.05) is 19.4 Å². The van der Waals surface area contributed by atoms with Crippen molar-refractivity contribution in [3.05, 3.63) is 29.4 Å². The summed E-state index contributed by atoms with van der Waals surface area (Å²) in [5.41, 5.74) is 4.25. The van der Waals surface area contributed by atoms with Crippen molar-refractivity contribution >= 4 is 11.4 Å². The van der Waals surface area contributed by atoms with Crippen LogP contribution in [0.4, 0.5) is 0 Å². The van der Waals surface area contributed by atoms with Crippen LogP contribution in [0.1, 0.15) is 56.1 Å². The van der Waals surface area contributed by atoms with Crippen LogP contribution in [-0.2, 0) is 4.79 Å². The second kappa shape index (κ2) is 5.70. The van der Waals surface area contributed by atoms with Crippen molar-refractivity contribution in [1.82, 2.24) is 9.97 Å². The Balaban J connectivity index is 1.69. The van der Waals surface area contributed by atoms with Crippen molar-refractivity contribution < 1.29 is 4.79 Å². The third kappa shape index (κ3) is 2.92. The standard InChI is InChI=1S/C18H24N2O/c1-4-13-9-16(13)18(21)15-7-5-14(6-8-15)17-12(3)19-10-11(2)20-17/h5,10,13,15-16H,4,6-9H2,1-3H3. The number of hydrogen-bond acceptors (Lipinski definition) is 3. The molecule has 1 fully saturated rings. The highest BCUT2D eigenvalue weighted by Crippen LogP contribution is 2.45. The third-order valence-corrected chi connectivity index (χ3v) is 5.01. The molecule has 1 heterocycles. The van der Waals surface area contributed by atoms with Gasteiger partial charge in [-0.2, -0.15) is 0 Å². The average Bonchev–Trinajstić information content (AvgIpc) is 3.29. The maximum absolute atomic E-state index is 12.4. The zero-order chi connectivity index (χ0) is 15.0.